The van der Waals surface area contributed by atoms with E-state index in [1.165, 1.54) is 0 Å². The number of carbonyl (C=O) groups is 1. The molecule has 0 bridgehead atoms. The quantitative estimate of drug-likeness (QED) is 0.933. The van der Waals surface area contributed by atoms with Crippen molar-refractivity contribution in [1.82, 2.24) is 5.32 Å². The summed E-state index contributed by atoms with van der Waals surface area (Å²) >= 11 is 12.1. The van der Waals surface area contributed by atoms with Gasteiger partial charge in [0.1, 0.15) is 6.42 Å². The second-order valence-electron chi connectivity index (χ2n) is 4.78. The molecule has 1 aliphatic rings. The fraction of sp³-hybridized carbons (Fsp3) is 0.429. The van der Waals surface area contributed by atoms with Gasteiger partial charge in [0, 0.05) is 24.2 Å². The topological polar surface area (TPSA) is 56.1 Å². The predicted molar refractivity (Wildman–Crippen MR) is 80.1 cm³/mol. The van der Waals surface area contributed by atoms with Crippen molar-refractivity contribution in [2.75, 3.05) is 18.0 Å². The van der Waals surface area contributed by atoms with Crippen molar-refractivity contribution in [3.63, 3.8) is 0 Å². The highest BCUT2D eigenvalue weighted by molar-refractivity contribution is 6.36. The lowest BCUT2D eigenvalue weighted by molar-refractivity contribution is -0.120. The third-order valence-electron chi connectivity index (χ3n) is 3.28. The average Bonchev–Trinajstić information content (AvgIpc) is 2.39. The summed E-state index contributed by atoms with van der Waals surface area (Å²) in [6.07, 6.45) is 1.79. The maximum atomic E-state index is 11.5. The Labute approximate surface area is 128 Å². The van der Waals surface area contributed by atoms with Crippen molar-refractivity contribution in [2.45, 2.75) is 25.3 Å². The molecule has 1 atom stereocenters. The number of hydrogen-bond donors (Lipinski definition) is 1. The molecule has 1 saturated heterocycles. The minimum Gasteiger partial charge on any atom is -0.368 e. The summed E-state index contributed by atoms with van der Waals surface area (Å²) in [6.45, 7) is 1.59. The van der Waals surface area contributed by atoms with Crippen LogP contribution >= 0.6 is 23.2 Å². The van der Waals surface area contributed by atoms with Gasteiger partial charge in [-0.05, 0) is 31.0 Å². The summed E-state index contributed by atoms with van der Waals surface area (Å²) in [6, 6.07) is 7.32. The van der Waals surface area contributed by atoms with Gasteiger partial charge in [-0.15, -0.1) is 0 Å². The number of carbonyl (C=O) groups excluding carboxylic acids is 1. The van der Waals surface area contributed by atoms with E-state index in [0.29, 0.717) is 16.6 Å². The maximum Gasteiger partial charge on any atom is 0.234 e. The molecule has 0 unspecified atom stereocenters. The second kappa shape index (κ2) is 6.83. The van der Waals surface area contributed by atoms with Crippen molar-refractivity contribution in [1.29, 1.82) is 5.26 Å². The molecule has 0 saturated carbocycles. The molecular weight excluding hydrogens is 297 g/mol. The minimum atomic E-state index is -0.221. The van der Waals surface area contributed by atoms with Crippen LogP contribution in [-0.2, 0) is 4.79 Å². The molecule has 20 heavy (non-hydrogen) atoms. The lowest BCUT2D eigenvalue weighted by Crippen LogP contribution is -2.47. The first-order chi connectivity index (χ1) is 9.60. The Kier molecular flexibility index (Phi) is 5.11. The first kappa shape index (κ1) is 15.0. The number of benzene rings is 1. The highest BCUT2D eigenvalue weighted by Gasteiger charge is 2.22. The lowest BCUT2D eigenvalue weighted by atomic mass is 10.0. The van der Waals surface area contributed by atoms with Crippen molar-refractivity contribution < 1.29 is 4.79 Å². The first-order valence-electron chi connectivity index (χ1n) is 6.46. The molecule has 1 aromatic carbocycles. The zero-order valence-electron chi connectivity index (χ0n) is 10.9. The second-order valence-corrected chi connectivity index (χ2v) is 5.63. The Balaban J connectivity index is 2.03. The largest absolute Gasteiger partial charge is 0.368 e. The Morgan fingerprint density at radius 1 is 1.50 bits per heavy atom. The van der Waals surface area contributed by atoms with Gasteiger partial charge in [-0.2, -0.15) is 5.26 Å². The highest BCUT2D eigenvalue weighted by atomic mass is 35.5. The summed E-state index contributed by atoms with van der Waals surface area (Å²) in [4.78, 5) is 13.6. The van der Waals surface area contributed by atoms with Crippen LogP contribution in [-0.4, -0.2) is 25.0 Å². The van der Waals surface area contributed by atoms with Gasteiger partial charge in [0.05, 0.1) is 16.8 Å². The van der Waals surface area contributed by atoms with E-state index >= 15 is 0 Å². The third-order valence-corrected chi connectivity index (χ3v) is 3.81. The number of hydrogen-bond acceptors (Lipinski definition) is 3. The smallest absolute Gasteiger partial charge is 0.234 e. The van der Waals surface area contributed by atoms with E-state index in [1.807, 2.05) is 12.1 Å². The van der Waals surface area contributed by atoms with Crippen LogP contribution in [0.25, 0.3) is 0 Å². The maximum absolute atomic E-state index is 11.5. The summed E-state index contributed by atoms with van der Waals surface area (Å²) in [7, 11) is 0. The van der Waals surface area contributed by atoms with Crippen molar-refractivity contribution in [3.8, 4) is 6.07 Å². The molecule has 0 radical (unpaired) electrons. The normalized spacial score (nSPS) is 18.4. The van der Waals surface area contributed by atoms with E-state index < -0.39 is 0 Å². The van der Waals surface area contributed by atoms with E-state index in [0.717, 1.165) is 25.1 Å². The molecule has 1 amide bonds. The molecule has 1 fully saturated rings. The van der Waals surface area contributed by atoms with E-state index in [-0.39, 0.29) is 18.4 Å². The van der Waals surface area contributed by atoms with Gasteiger partial charge >= 0.3 is 0 Å². The number of halogens is 2. The molecule has 106 valence electrons. The SMILES string of the molecule is N#CCC(=O)N[C@H]1CCCN(c2ccc(Cl)cc2Cl)C1. The van der Waals surface area contributed by atoms with Gasteiger partial charge in [0.2, 0.25) is 5.91 Å². The van der Waals surface area contributed by atoms with Crippen molar-refractivity contribution >= 4 is 34.8 Å². The molecule has 6 heteroatoms. The van der Waals surface area contributed by atoms with Gasteiger partial charge in [0.15, 0.2) is 0 Å². The summed E-state index contributed by atoms with van der Waals surface area (Å²) in [5.74, 6) is -0.221. The molecule has 4 nitrogen and oxygen atoms in total. The van der Waals surface area contributed by atoms with Crippen LogP contribution < -0.4 is 10.2 Å². The van der Waals surface area contributed by atoms with Crippen LogP contribution in [0.1, 0.15) is 19.3 Å². The molecule has 1 N–H and O–H groups in total. The molecule has 1 aromatic rings. The number of anilines is 1. The molecule has 1 aliphatic heterocycles. The van der Waals surface area contributed by atoms with E-state index in [1.54, 1.807) is 12.1 Å². The molecular formula is C14H15Cl2N3O. The Hall–Kier alpha value is -1.44. The molecule has 0 aromatic heterocycles. The molecule has 1 heterocycles. The monoisotopic (exact) mass is 311 g/mol. The number of nitrogens with zero attached hydrogens (tertiary/aromatic N) is 2. The third kappa shape index (κ3) is 3.78. The van der Waals surface area contributed by atoms with Crippen LogP contribution in [0, 0.1) is 11.3 Å². The minimum absolute atomic E-state index is 0.0522. The van der Waals surface area contributed by atoms with Crippen molar-refractivity contribution in [2.24, 2.45) is 0 Å². The fourth-order valence-electron chi connectivity index (χ4n) is 2.40. The van der Waals surface area contributed by atoms with E-state index in [2.05, 4.69) is 10.2 Å². The van der Waals surface area contributed by atoms with Gasteiger partial charge in [-0.3, -0.25) is 4.79 Å². The summed E-state index contributed by atoms with van der Waals surface area (Å²) < 4.78 is 0. The first-order valence-corrected chi connectivity index (χ1v) is 7.22. The van der Waals surface area contributed by atoms with Gasteiger partial charge in [-0.1, -0.05) is 23.2 Å². The lowest BCUT2D eigenvalue weighted by Gasteiger charge is -2.35. The molecule has 0 spiro atoms. The summed E-state index contributed by atoms with van der Waals surface area (Å²) in [5.41, 5.74) is 0.926. The number of nitriles is 1. The number of amides is 1. The number of nitrogens with one attached hydrogen (secondary N) is 1. The van der Waals surface area contributed by atoms with Gasteiger partial charge < -0.3 is 10.2 Å². The zero-order chi connectivity index (χ0) is 14.5. The molecule has 0 aliphatic carbocycles. The molecule has 2 rings (SSSR count). The van der Waals surface area contributed by atoms with Crippen molar-refractivity contribution in [3.05, 3.63) is 28.2 Å². The van der Waals surface area contributed by atoms with Gasteiger partial charge in [-0.25, -0.2) is 0 Å². The highest BCUT2D eigenvalue weighted by Crippen LogP contribution is 2.30. The van der Waals surface area contributed by atoms with Crippen LogP contribution in [0.15, 0.2) is 18.2 Å². The number of piperidine rings is 1. The van der Waals surface area contributed by atoms with E-state index in [4.69, 9.17) is 28.5 Å². The zero-order valence-corrected chi connectivity index (χ0v) is 12.4. The van der Waals surface area contributed by atoms with E-state index in [9.17, 15) is 4.79 Å². The van der Waals surface area contributed by atoms with Crippen LogP contribution in [0.5, 0.6) is 0 Å². The van der Waals surface area contributed by atoms with Crippen LogP contribution in [0.4, 0.5) is 5.69 Å². The standard InChI is InChI=1S/C14H15Cl2N3O/c15-10-3-4-13(12(16)8-10)19-7-1-2-11(9-19)18-14(20)5-6-17/h3-4,8,11H,1-2,5,7,9H2,(H,18,20)/t11-/m0/s1. The summed E-state index contributed by atoms with van der Waals surface area (Å²) in [5, 5.41) is 12.6. The van der Waals surface area contributed by atoms with Crippen LogP contribution in [0.2, 0.25) is 10.0 Å². The Morgan fingerprint density at radius 2 is 2.30 bits per heavy atom. The van der Waals surface area contributed by atoms with Gasteiger partial charge in [0.25, 0.3) is 0 Å². The fourth-order valence-corrected chi connectivity index (χ4v) is 2.93. The Morgan fingerprint density at radius 3 is 3.00 bits per heavy atom. The predicted octanol–water partition coefficient (Wildman–Crippen LogP) is 2.99. The van der Waals surface area contributed by atoms with Crippen LogP contribution in [0.3, 0.4) is 0 Å². The Bertz CT molecular complexity index is 542. The average molecular weight is 312 g/mol. The number of rotatable bonds is 3.